The van der Waals surface area contributed by atoms with Gasteiger partial charge in [0.2, 0.25) is 0 Å². The smallest absolute Gasteiger partial charge is 0.252 e. The van der Waals surface area contributed by atoms with Gasteiger partial charge in [0, 0.05) is 6.07 Å². The van der Waals surface area contributed by atoms with E-state index in [2.05, 4.69) is 4.98 Å². The van der Waals surface area contributed by atoms with Crippen LogP contribution in [0.3, 0.4) is 0 Å². The van der Waals surface area contributed by atoms with Gasteiger partial charge in [0.1, 0.15) is 12.4 Å². The minimum Gasteiger partial charge on any atom is -0.497 e. The van der Waals surface area contributed by atoms with Gasteiger partial charge in [0.15, 0.2) is 17.5 Å². The Bertz CT molecular complexity index is 608. The third kappa shape index (κ3) is 3.12. The van der Waals surface area contributed by atoms with Gasteiger partial charge in [-0.15, -0.1) is 0 Å². The van der Waals surface area contributed by atoms with Crippen LogP contribution >= 0.6 is 0 Å². The van der Waals surface area contributed by atoms with Crippen LogP contribution in [-0.2, 0) is 6.61 Å². The lowest BCUT2D eigenvalue weighted by Gasteiger charge is -2.09. The highest BCUT2D eigenvalue weighted by molar-refractivity contribution is 5.38. The second-order valence-corrected chi connectivity index (χ2v) is 3.89. The topological polar surface area (TPSA) is 69.4 Å². The van der Waals surface area contributed by atoms with E-state index in [4.69, 9.17) is 15.3 Å². The Morgan fingerprint density at radius 1 is 1.25 bits per heavy atom. The molecule has 1 heterocycles. The first kappa shape index (κ1) is 14.0. The number of nitrogens with two attached hydrogens (primary N) is 1. The summed E-state index contributed by atoms with van der Waals surface area (Å²) in [5.74, 6) is 3.32. The number of hydrazine groups is 1. The molecule has 1 aromatic heterocycles. The number of hydrogen-bond donors (Lipinski definition) is 2. The van der Waals surface area contributed by atoms with Crippen LogP contribution in [0.5, 0.6) is 11.6 Å². The summed E-state index contributed by atoms with van der Waals surface area (Å²) in [6.07, 6.45) is 0. The number of hydrogen-bond acceptors (Lipinski definition) is 5. The molecule has 2 aromatic rings. The van der Waals surface area contributed by atoms with E-state index in [1.165, 1.54) is 0 Å². The van der Waals surface area contributed by atoms with E-state index in [0.29, 0.717) is 11.8 Å². The maximum atomic E-state index is 13.5. The fourth-order valence-corrected chi connectivity index (χ4v) is 1.57. The third-order valence-electron chi connectivity index (χ3n) is 2.54. The minimum atomic E-state index is -0.899. The summed E-state index contributed by atoms with van der Waals surface area (Å²) in [5, 5.41) is 0. The first-order valence-corrected chi connectivity index (χ1v) is 5.72. The summed E-state index contributed by atoms with van der Waals surface area (Å²) in [5.41, 5.74) is 2.79. The highest BCUT2D eigenvalue weighted by atomic mass is 19.1. The molecule has 0 fully saturated rings. The van der Waals surface area contributed by atoms with E-state index in [9.17, 15) is 8.78 Å². The maximum Gasteiger partial charge on any atom is 0.252 e. The summed E-state index contributed by atoms with van der Waals surface area (Å²) in [6, 6.07) is 7.73. The number of halogens is 2. The number of rotatable bonds is 5. The van der Waals surface area contributed by atoms with Gasteiger partial charge < -0.3 is 14.9 Å². The van der Waals surface area contributed by atoms with Gasteiger partial charge in [0.25, 0.3) is 5.88 Å². The third-order valence-corrected chi connectivity index (χ3v) is 2.54. The zero-order valence-corrected chi connectivity index (χ0v) is 10.7. The largest absolute Gasteiger partial charge is 0.497 e. The average molecular weight is 281 g/mol. The normalized spacial score (nSPS) is 10.2. The molecule has 5 nitrogen and oxygen atoms in total. The van der Waals surface area contributed by atoms with Crippen LogP contribution in [0.2, 0.25) is 0 Å². The Labute approximate surface area is 114 Å². The lowest BCUT2D eigenvalue weighted by atomic mass is 10.2. The number of methoxy groups -OCH3 is 1. The summed E-state index contributed by atoms with van der Waals surface area (Å²) in [7, 11) is 1.54. The molecule has 0 amide bonds. The van der Waals surface area contributed by atoms with Gasteiger partial charge in [-0.2, -0.15) is 4.98 Å². The molecule has 1 aromatic carbocycles. The molecule has 106 valence electrons. The van der Waals surface area contributed by atoms with Crippen molar-refractivity contribution in [2.24, 2.45) is 5.84 Å². The number of aromatic nitrogens is 1. The average Bonchev–Trinajstić information content (AvgIpc) is 2.46. The van der Waals surface area contributed by atoms with Gasteiger partial charge in [0.05, 0.1) is 7.11 Å². The van der Waals surface area contributed by atoms with Gasteiger partial charge in [-0.25, -0.2) is 14.6 Å². The van der Waals surface area contributed by atoms with Crippen molar-refractivity contribution < 1.29 is 18.3 Å². The highest BCUT2D eigenvalue weighted by Gasteiger charge is 2.12. The molecule has 0 atom stereocenters. The first-order chi connectivity index (χ1) is 9.63. The Balaban J connectivity index is 2.14. The zero-order valence-electron chi connectivity index (χ0n) is 10.7. The van der Waals surface area contributed by atoms with Crippen molar-refractivity contribution in [1.82, 2.24) is 4.98 Å². The number of ether oxygens (including phenoxy) is 2. The van der Waals surface area contributed by atoms with Crippen LogP contribution in [-0.4, -0.2) is 12.1 Å². The summed E-state index contributed by atoms with van der Waals surface area (Å²) in [6.45, 7) is 0.0662. The number of nitrogen functional groups attached to an aromatic ring is 1. The minimum absolute atomic E-state index is 0.0662. The first-order valence-electron chi connectivity index (χ1n) is 5.72. The van der Waals surface area contributed by atoms with Crippen molar-refractivity contribution in [3.8, 4) is 11.6 Å². The van der Waals surface area contributed by atoms with Crippen molar-refractivity contribution >= 4 is 5.82 Å². The van der Waals surface area contributed by atoms with Gasteiger partial charge in [-0.3, -0.25) is 0 Å². The van der Waals surface area contributed by atoms with Crippen molar-refractivity contribution in [3.05, 3.63) is 47.5 Å². The maximum absolute atomic E-state index is 13.5. The molecule has 0 saturated heterocycles. The predicted octanol–water partition coefficient (Wildman–Crippen LogP) is 2.23. The van der Waals surface area contributed by atoms with E-state index in [1.807, 2.05) is 5.43 Å². The van der Waals surface area contributed by atoms with Gasteiger partial charge >= 0.3 is 0 Å². The highest BCUT2D eigenvalue weighted by Crippen LogP contribution is 2.21. The monoisotopic (exact) mass is 281 g/mol. The second kappa shape index (κ2) is 6.16. The number of benzene rings is 1. The van der Waals surface area contributed by atoms with Gasteiger partial charge in [-0.05, 0) is 17.7 Å². The van der Waals surface area contributed by atoms with Crippen LogP contribution < -0.4 is 20.7 Å². The molecule has 0 unspecified atom stereocenters. The fraction of sp³-hybridized carbons (Fsp3) is 0.154. The lowest BCUT2D eigenvalue weighted by molar-refractivity contribution is 0.275. The summed E-state index contributed by atoms with van der Waals surface area (Å²) < 4.78 is 36.9. The van der Waals surface area contributed by atoms with Crippen LogP contribution in [0.25, 0.3) is 0 Å². The van der Waals surface area contributed by atoms with Crippen LogP contribution in [0.15, 0.2) is 30.3 Å². The van der Waals surface area contributed by atoms with Crippen molar-refractivity contribution in [1.29, 1.82) is 0 Å². The number of anilines is 1. The quantitative estimate of drug-likeness (QED) is 0.649. The van der Waals surface area contributed by atoms with Crippen LogP contribution in [0.1, 0.15) is 5.56 Å². The summed E-state index contributed by atoms with van der Waals surface area (Å²) in [4.78, 5) is 3.61. The van der Waals surface area contributed by atoms with Crippen LogP contribution in [0, 0.1) is 11.6 Å². The molecule has 20 heavy (non-hydrogen) atoms. The molecular formula is C13H13F2N3O2. The second-order valence-electron chi connectivity index (χ2n) is 3.89. The van der Waals surface area contributed by atoms with Crippen molar-refractivity contribution in [2.45, 2.75) is 6.61 Å². The number of nitrogens with zero attached hydrogens (tertiary/aromatic N) is 1. The summed E-state index contributed by atoms with van der Waals surface area (Å²) >= 11 is 0. The SMILES string of the molecule is COc1cccc(COc2nc(NN)c(F)cc2F)c1. The molecule has 0 radical (unpaired) electrons. The Morgan fingerprint density at radius 3 is 2.75 bits per heavy atom. The Kier molecular flexibility index (Phi) is 4.31. The zero-order chi connectivity index (χ0) is 14.5. The molecule has 0 aliphatic rings. The molecule has 7 heteroatoms. The lowest BCUT2D eigenvalue weighted by Crippen LogP contribution is -2.12. The molecule has 0 bridgehead atoms. The molecule has 3 N–H and O–H groups in total. The van der Waals surface area contributed by atoms with E-state index in [0.717, 1.165) is 5.56 Å². The van der Waals surface area contributed by atoms with Crippen LogP contribution in [0.4, 0.5) is 14.6 Å². The molecule has 0 aliphatic carbocycles. The van der Waals surface area contributed by atoms with Crippen molar-refractivity contribution in [3.63, 3.8) is 0 Å². The van der Waals surface area contributed by atoms with Gasteiger partial charge in [-0.1, -0.05) is 12.1 Å². The Hall–Kier alpha value is -2.41. The number of pyridine rings is 1. The Morgan fingerprint density at radius 2 is 2.05 bits per heavy atom. The standard InChI is InChI=1S/C13H13F2N3O2/c1-19-9-4-2-3-8(5-9)7-20-13-11(15)6-10(14)12(17-13)18-16/h2-6H,7,16H2,1H3,(H,17,18). The molecule has 0 saturated carbocycles. The fourth-order valence-electron chi connectivity index (χ4n) is 1.57. The molecule has 0 spiro atoms. The van der Waals surface area contributed by atoms with E-state index in [-0.39, 0.29) is 18.3 Å². The molecule has 0 aliphatic heterocycles. The van der Waals surface area contributed by atoms with E-state index in [1.54, 1.807) is 31.4 Å². The van der Waals surface area contributed by atoms with Crippen molar-refractivity contribution in [2.75, 3.05) is 12.5 Å². The van der Waals surface area contributed by atoms with E-state index >= 15 is 0 Å². The number of nitrogens with one attached hydrogen (secondary N) is 1. The predicted molar refractivity (Wildman–Crippen MR) is 69.3 cm³/mol. The molecule has 2 rings (SSSR count). The van der Waals surface area contributed by atoms with E-state index < -0.39 is 11.6 Å². The molecular weight excluding hydrogens is 268 g/mol.